The SMILES string of the molecule is CCOC(=O)c1ccc(NC(=O)CN2C(=O)C(c3ccccc3)=NC23CCCCC3)cc1. The minimum absolute atomic E-state index is 0.0711. The van der Waals surface area contributed by atoms with Crippen LogP contribution in [0.3, 0.4) is 0 Å². The van der Waals surface area contributed by atoms with Gasteiger partial charge in [0.05, 0.1) is 12.2 Å². The van der Waals surface area contributed by atoms with Crippen LogP contribution in [0.4, 0.5) is 5.69 Å². The number of ether oxygens (including phenoxy) is 1. The van der Waals surface area contributed by atoms with Gasteiger partial charge in [-0.2, -0.15) is 0 Å². The highest BCUT2D eigenvalue weighted by molar-refractivity contribution is 6.47. The van der Waals surface area contributed by atoms with Gasteiger partial charge in [0.1, 0.15) is 17.9 Å². The third kappa shape index (κ3) is 4.42. The van der Waals surface area contributed by atoms with Crippen LogP contribution < -0.4 is 5.32 Å². The highest BCUT2D eigenvalue weighted by atomic mass is 16.5. The Balaban J connectivity index is 1.49. The van der Waals surface area contributed by atoms with E-state index in [4.69, 9.17) is 9.73 Å². The van der Waals surface area contributed by atoms with E-state index in [1.165, 1.54) is 0 Å². The summed E-state index contributed by atoms with van der Waals surface area (Å²) < 4.78 is 4.98. The summed E-state index contributed by atoms with van der Waals surface area (Å²) in [6.07, 6.45) is 4.59. The summed E-state index contributed by atoms with van der Waals surface area (Å²) in [4.78, 5) is 44.5. The van der Waals surface area contributed by atoms with Crippen molar-refractivity contribution < 1.29 is 19.1 Å². The van der Waals surface area contributed by atoms with Crippen molar-refractivity contribution in [3.05, 3.63) is 65.7 Å². The number of carbonyl (C=O) groups is 3. The highest BCUT2D eigenvalue weighted by Crippen LogP contribution is 2.39. The van der Waals surface area contributed by atoms with Crippen LogP contribution in [0.15, 0.2) is 59.6 Å². The van der Waals surface area contributed by atoms with Crippen LogP contribution in [0.25, 0.3) is 0 Å². The number of nitrogens with one attached hydrogen (secondary N) is 1. The van der Waals surface area contributed by atoms with E-state index in [-0.39, 0.29) is 18.4 Å². The number of hydrogen-bond donors (Lipinski definition) is 1. The van der Waals surface area contributed by atoms with Crippen molar-refractivity contribution in [1.82, 2.24) is 4.90 Å². The van der Waals surface area contributed by atoms with Gasteiger partial charge in [-0.05, 0) is 56.9 Å². The standard InChI is InChI=1S/C25H27N3O4/c1-2-32-24(31)19-11-13-20(14-12-19)26-21(29)17-28-23(30)22(18-9-5-3-6-10-18)27-25(28)15-7-4-8-16-25/h3,5-6,9-14H,2,4,7-8,15-17H2,1H3,(H,26,29). The number of anilines is 1. The predicted octanol–water partition coefficient (Wildman–Crippen LogP) is 3.79. The quantitative estimate of drug-likeness (QED) is 0.702. The average Bonchev–Trinajstić information content (AvgIpc) is 3.06. The molecule has 2 amide bonds. The summed E-state index contributed by atoms with van der Waals surface area (Å²) in [5.41, 5.74) is 1.53. The molecule has 1 aliphatic carbocycles. The van der Waals surface area contributed by atoms with Crippen LogP contribution in [0.2, 0.25) is 0 Å². The number of rotatable bonds is 6. The number of benzene rings is 2. The first-order valence-corrected chi connectivity index (χ1v) is 11.1. The lowest BCUT2D eigenvalue weighted by Gasteiger charge is -2.38. The molecular formula is C25H27N3O4. The first-order chi connectivity index (χ1) is 15.5. The molecule has 1 spiro atoms. The molecule has 1 heterocycles. The molecule has 32 heavy (non-hydrogen) atoms. The Hall–Kier alpha value is -3.48. The molecule has 2 aromatic rings. The van der Waals surface area contributed by atoms with Crippen molar-refractivity contribution in [3.8, 4) is 0 Å². The van der Waals surface area contributed by atoms with Crippen LogP contribution >= 0.6 is 0 Å². The van der Waals surface area contributed by atoms with Gasteiger partial charge < -0.3 is 15.0 Å². The van der Waals surface area contributed by atoms with Crippen molar-refractivity contribution in [1.29, 1.82) is 0 Å². The summed E-state index contributed by atoms with van der Waals surface area (Å²) in [7, 11) is 0. The maximum Gasteiger partial charge on any atom is 0.338 e. The van der Waals surface area contributed by atoms with Crippen LogP contribution in [-0.4, -0.2) is 47.2 Å². The molecule has 4 rings (SSSR count). The molecule has 1 N–H and O–H groups in total. The number of nitrogens with zero attached hydrogens (tertiary/aromatic N) is 2. The van der Waals surface area contributed by atoms with Gasteiger partial charge in [-0.25, -0.2) is 4.79 Å². The first kappa shape index (κ1) is 21.7. The number of amides is 2. The fourth-order valence-electron chi connectivity index (χ4n) is 4.38. The molecule has 0 radical (unpaired) electrons. The molecule has 0 aromatic heterocycles. The molecule has 7 nitrogen and oxygen atoms in total. The Bertz CT molecular complexity index is 1020. The number of carbonyl (C=O) groups excluding carboxylic acids is 3. The Morgan fingerprint density at radius 2 is 1.72 bits per heavy atom. The van der Waals surface area contributed by atoms with Crippen LogP contribution in [-0.2, 0) is 14.3 Å². The van der Waals surface area contributed by atoms with E-state index in [2.05, 4.69) is 5.32 Å². The second kappa shape index (κ2) is 9.34. The number of esters is 1. The Morgan fingerprint density at radius 3 is 2.38 bits per heavy atom. The topological polar surface area (TPSA) is 88.1 Å². The molecule has 1 aliphatic heterocycles. The van der Waals surface area contributed by atoms with Crippen molar-refractivity contribution in [2.75, 3.05) is 18.5 Å². The Kier molecular flexibility index (Phi) is 6.35. The molecule has 2 aromatic carbocycles. The molecule has 0 unspecified atom stereocenters. The molecular weight excluding hydrogens is 406 g/mol. The Labute approximate surface area is 187 Å². The van der Waals surface area contributed by atoms with Crippen LogP contribution in [0.1, 0.15) is 54.9 Å². The van der Waals surface area contributed by atoms with E-state index in [0.29, 0.717) is 23.6 Å². The largest absolute Gasteiger partial charge is 0.462 e. The molecule has 0 bridgehead atoms. The zero-order chi connectivity index (χ0) is 22.6. The fourth-order valence-corrected chi connectivity index (χ4v) is 4.38. The third-order valence-corrected chi connectivity index (χ3v) is 5.95. The lowest BCUT2D eigenvalue weighted by atomic mass is 9.88. The summed E-state index contributed by atoms with van der Waals surface area (Å²) in [6.45, 7) is 1.98. The smallest absolute Gasteiger partial charge is 0.338 e. The van der Waals surface area contributed by atoms with Gasteiger partial charge in [0, 0.05) is 11.3 Å². The third-order valence-electron chi connectivity index (χ3n) is 5.95. The van der Waals surface area contributed by atoms with Crippen molar-refractivity contribution in [2.45, 2.75) is 44.7 Å². The van der Waals surface area contributed by atoms with Gasteiger partial charge in [0.2, 0.25) is 5.91 Å². The van der Waals surface area contributed by atoms with Gasteiger partial charge >= 0.3 is 5.97 Å². The van der Waals surface area contributed by atoms with E-state index in [1.54, 1.807) is 36.1 Å². The van der Waals surface area contributed by atoms with Gasteiger partial charge in [-0.15, -0.1) is 0 Å². The van der Waals surface area contributed by atoms with Gasteiger partial charge in [-0.3, -0.25) is 14.6 Å². The summed E-state index contributed by atoms with van der Waals surface area (Å²) in [5, 5.41) is 2.83. The monoisotopic (exact) mass is 433 g/mol. The minimum Gasteiger partial charge on any atom is -0.462 e. The lowest BCUT2D eigenvalue weighted by Crippen LogP contribution is -2.51. The summed E-state index contributed by atoms with van der Waals surface area (Å²) >= 11 is 0. The number of aliphatic imine (C=N–C) groups is 1. The molecule has 166 valence electrons. The molecule has 1 saturated carbocycles. The minimum atomic E-state index is -0.647. The fraction of sp³-hybridized carbons (Fsp3) is 0.360. The molecule has 7 heteroatoms. The maximum absolute atomic E-state index is 13.3. The number of hydrogen-bond acceptors (Lipinski definition) is 5. The van der Waals surface area contributed by atoms with Crippen molar-refractivity contribution in [3.63, 3.8) is 0 Å². The van der Waals surface area contributed by atoms with Crippen molar-refractivity contribution in [2.24, 2.45) is 4.99 Å². The zero-order valence-electron chi connectivity index (χ0n) is 18.2. The highest BCUT2D eigenvalue weighted by Gasteiger charge is 2.48. The van der Waals surface area contributed by atoms with E-state index in [1.807, 2.05) is 30.3 Å². The molecule has 2 aliphatic rings. The Morgan fingerprint density at radius 1 is 1.03 bits per heavy atom. The van der Waals surface area contributed by atoms with E-state index >= 15 is 0 Å². The predicted molar refractivity (Wildman–Crippen MR) is 122 cm³/mol. The maximum atomic E-state index is 13.3. The van der Waals surface area contributed by atoms with Crippen LogP contribution in [0.5, 0.6) is 0 Å². The lowest BCUT2D eigenvalue weighted by molar-refractivity contribution is -0.134. The zero-order valence-corrected chi connectivity index (χ0v) is 18.2. The van der Waals surface area contributed by atoms with E-state index < -0.39 is 11.6 Å². The van der Waals surface area contributed by atoms with Crippen LogP contribution in [0, 0.1) is 0 Å². The van der Waals surface area contributed by atoms with Crippen molar-refractivity contribution >= 4 is 29.2 Å². The normalized spacial score (nSPS) is 17.2. The van der Waals surface area contributed by atoms with Gasteiger partial charge in [0.15, 0.2) is 0 Å². The van der Waals surface area contributed by atoms with E-state index in [9.17, 15) is 14.4 Å². The van der Waals surface area contributed by atoms with E-state index in [0.717, 1.165) is 37.7 Å². The molecule has 0 saturated heterocycles. The second-order valence-electron chi connectivity index (χ2n) is 8.11. The van der Waals surface area contributed by atoms with Gasteiger partial charge in [-0.1, -0.05) is 36.8 Å². The first-order valence-electron chi connectivity index (χ1n) is 11.1. The molecule has 1 fully saturated rings. The summed E-state index contributed by atoms with van der Waals surface area (Å²) in [5.74, 6) is -0.902. The average molecular weight is 434 g/mol. The summed E-state index contributed by atoms with van der Waals surface area (Å²) in [6, 6.07) is 15.9. The van der Waals surface area contributed by atoms with Gasteiger partial charge in [0.25, 0.3) is 5.91 Å². The molecule has 0 atom stereocenters. The second-order valence-corrected chi connectivity index (χ2v) is 8.11.